The van der Waals surface area contributed by atoms with Crippen molar-refractivity contribution in [3.63, 3.8) is 0 Å². The number of ketones is 1. The molecule has 9 nitrogen and oxygen atoms in total. The number of rotatable bonds is 11. The van der Waals surface area contributed by atoms with Gasteiger partial charge in [0.25, 0.3) is 0 Å². The highest BCUT2D eigenvalue weighted by Crippen LogP contribution is 2.34. The summed E-state index contributed by atoms with van der Waals surface area (Å²) in [6.45, 7) is 7.08. The fourth-order valence-electron chi connectivity index (χ4n) is 6.91. The summed E-state index contributed by atoms with van der Waals surface area (Å²) in [5, 5.41) is 5.66. The molecule has 4 atom stereocenters. The number of nitrogens with one attached hydrogen (secondary N) is 2. The standard InChI is InChI=1S/C33H50FN5O4/c1-5-30(41)36-31(33(43)39-18-16-37(3)17-19-39)22(2)24-13-14-27(26(34)20-24)35-32(42)25(23-10-7-6-8-11-23)21-29(40)28-12-9-15-38(28)4/h13-14,20,22-23,25,28,31H,5-12,15-19,21H2,1-4H3,(H,35,42)(H,36,41)/t22-,25-,28-,31+/m0/s1. The van der Waals surface area contributed by atoms with Gasteiger partial charge in [0.05, 0.1) is 11.7 Å². The number of anilines is 1. The molecule has 3 fully saturated rings. The molecule has 0 radical (unpaired) electrons. The van der Waals surface area contributed by atoms with Gasteiger partial charge >= 0.3 is 0 Å². The van der Waals surface area contributed by atoms with Crippen LogP contribution in [0, 0.1) is 17.7 Å². The van der Waals surface area contributed by atoms with E-state index in [0.717, 1.165) is 64.6 Å². The van der Waals surface area contributed by atoms with Crippen LogP contribution in [0.5, 0.6) is 0 Å². The fraction of sp³-hybridized carbons (Fsp3) is 0.697. The van der Waals surface area contributed by atoms with E-state index in [0.29, 0.717) is 18.7 Å². The Balaban J connectivity index is 1.49. The molecule has 1 saturated carbocycles. The second-order valence-corrected chi connectivity index (χ2v) is 12.9. The van der Waals surface area contributed by atoms with Gasteiger partial charge in [-0.15, -0.1) is 0 Å². The molecule has 10 heteroatoms. The zero-order valence-corrected chi connectivity index (χ0v) is 26.4. The Morgan fingerprint density at radius 1 is 0.953 bits per heavy atom. The number of hydrogen-bond donors (Lipinski definition) is 2. The maximum atomic E-state index is 15.6. The van der Waals surface area contributed by atoms with Gasteiger partial charge in [-0.2, -0.15) is 0 Å². The predicted molar refractivity (Wildman–Crippen MR) is 165 cm³/mol. The smallest absolute Gasteiger partial charge is 0.245 e. The van der Waals surface area contributed by atoms with Gasteiger partial charge in [-0.25, -0.2) is 4.39 Å². The molecule has 2 saturated heterocycles. The number of piperazine rings is 1. The third-order valence-electron chi connectivity index (χ3n) is 9.86. The molecule has 0 unspecified atom stereocenters. The van der Waals surface area contributed by atoms with Crippen LogP contribution in [0.25, 0.3) is 0 Å². The summed E-state index contributed by atoms with van der Waals surface area (Å²) in [6.07, 6.45) is 7.22. The monoisotopic (exact) mass is 599 g/mol. The Morgan fingerprint density at radius 3 is 2.26 bits per heavy atom. The normalized spacial score (nSPS) is 22.5. The number of carbonyl (C=O) groups excluding carboxylic acids is 4. The van der Waals surface area contributed by atoms with Crippen molar-refractivity contribution in [2.45, 2.75) is 89.6 Å². The number of Topliss-reactive ketones (excluding diaryl/α,β-unsaturated/α-hetero) is 1. The van der Waals surface area contributed by atoms with Crippen molar-refractivity contribution in [3.8, 4) is 0 Å². The molecule has 43 heavy (non-hydrogen) atoms. The number of likely N-dealkylation sites (N-methyl/N-ethyl adjacent to an activating group) is 2. The minimum absolute atomic E-state index is 0.0618. The molecule has 0 bridgehead atoms. The first-order valence-corrected chi connectivity index (χ1v) is 16.2. The van der Waals surface area contributed by atoms with E-state index in [4.69, 9.17) is 0 Å². The third-order valence-corrected chi connectivity index (χ3v) is 9.86. The van der Waals surface area contributed by atoms with E-state index in [9.17, 15) is 19.2 Å². The Labute approximate surface area is 255 Å². The molecule has 1 aliphatic carbocycles. The van der Waals surface area contributed by atoms with E-state index in [2.05, 4.69) is 20.4 Å². The van der Waals surface area contributed by atoms with Crippen molar-refractivity contribution in [1.29, 1.82) is 0 Å². The number of nitrogens with zero attached hydrogens (tertiary/aromatic N) is 3. The van der Waals surface area contributed by atoms with Crippen molar-refractivity contribution in [3.05, 3.63) is 29.6 Å². The van der Waals surface area contributed by atoms with Crippen molar-refractivity contribution < 1.29 is 23.6 Å². The number of halogens is 1. The van der Waals surface area contributed by atoms with Gasteiger partial charge in [0, 0.05) is 50.9 Å². The zero-order valence-electron chi connectivity index (χ0n) is 26.4. The summed E-state index contributed by atoms with van der Waals surface area (Å²) in [4.78, 5) is 58.7. The van der Waals surface area contributed by atoms with E-state index in [1.807, 2.05) is 21.0 Å². The fourth-order valence-corrected chi connectivity index (χ4v) is 6.91. The minimum atomic E-state index is -0.828. The van der Waals surface area contributed by atoms with Gasteiger partial charge in [-0.05, 0) is 69.9 Å². The molecule has 3 amide bonds. The average Bonchev–Trinajstić information content (AvgIpc) is 3.45. The number of amides is 3. The number of hydrogen-bond acceptors (Lipinski definition) is 6. The van der Waals surface area contributed by atoms with Crippen LogP contribution in [-0.4, -0.2) is 97.1 Å². The second-order valence-electron chi connectivity index (χ2n) is 12.9. The van der Waals surface area contributed by atoms with Crippen molar-refractivity contribution in [1.82, 2.24) is 20.0 Å². The first-order chi connectivity index (χ1) is 20.6. The molecule has 238 valence electrons. The van der Waals surface area contributed by atoms with Crippen molar-refractivity contribution in [2.24, 2.45) is 11.8 Å². The van der Waals surface area contributed by atoms with Gasteiger partial charge < -0.3 is 20.4 Å². The quantitative estimate of drug-likeness (QED) is 0.402. The van der Waals surface area contributed by atoms with Crippen LogP contribution in [0.3, 0.4) is 0 Å². The van der Waals surface area contributed by atoms with E-state index in [1.165, 1.54) is 12.1 Å². The Morgan fingerprint density at radius 2 is 1.65 bits per heavy atom. The van der Waals surface area contributed by atoms with Crippen LogP contribution in [0.15, 0.2) is 18.2 Å². The molecule has 2 aliphatic heterocycles. The molecule has 0 aromatic heterocycles. The lowest BCUT2D eigenvalue weighted by atomic mass is 9.76. The lowest BCUT2D eigenvalue weighted by Gasteiger charge is -2.36. The van der Waals surface area contributed by atoms with Crippen LogP contribution in [0.4, 0.5) is 10.1 Å². The van der Waals surface area contributed by atoms with Gasteiger partial charge in [0.2, 0.25) is 17.7 Å². The van der Waals surface area contributed by atoms with Crippen LogP contribution in [0.2, 0.25) is 0 Å². The molecule has 2 heterocycles. The van der Waals surface area contributed by atoms with Gasteiger partial charge in [-0.3, -0.25) is 24.1 Å². The number of benzene rings is 1. The maximum absolute atomic E-state index is 15.6. The molecule has 1 aromatic rings. The van der Waals surface area contributed by atoms with Crippen LogP contribution in [-0.2, 0) is 19.2 Å². The summed E-state index contributed by atoms with van der Waals surface area (Å²) in [7, 11) is 3.97. The maximum Gasteiger partial charge on any atom is 0.245 e. The third kappa shape index (κ3) is 8.41. The van der Waals surface area contributed by atoms with Crippen molar-refractivity contribution in [2.75, 3.05) is 52.1 Å². The Kier molecular flexibility index (Phi) is 11.7. The van der Waals surface area contributed by atoms with E-state index < -0.39 is 23.7 Å². The highest BCUT2D eigenvalue weighted by molar-refractivity contribution is 5.97. The average molecular weight is 600 g/mol. The Bertz CT molecular complexity index is 1150. The molecular weight excluding hydrogens is 549 g/mol. The largest absolute Gasteiger partial charge is 0.344 e. The minimum Gasteiger partial charge on any atom is -0.344 e. The highest BCUT2D eigenvalue weighted by Gasteiger charge is 2.37. The lowest BCUT2D eigenvalue weighted by molar-refractivity contribution is -0.138. The van der Waals surface area contributed by atoms with Gasteiger partial charge in [0.1, 0.15) is 11.9 Å². The van der Waals surface area contributed by atoms with Gasteiger partial charge in [0.15, 0.2) is 5.78 Å². The molecule has 0 spiro atoms. The number of carbonyl (C=O) groups is 4. The van der Waals surface area contributed by atoms with E-state index in [-0.39, 0.29) is 54.0 Å². The van der Waals surface area contributed by atoms with Gasteiger partial charge in [-0.1, -0.05) is 39.2 Å². The number of likely N-dealkylation sites (tertiary alicyclic amines) is 1. The first kappa shape index (κ1) is 33.1. The summed E-state index contributed by atoms with van der Waals surface area (Å²) in [5.74, 6) is -2.10. The Hall–Kier alpha value is -2.85. The van der Waals surface area contributed by atoms with Crippen molar-refractivity contribution >= 4 is 29.2 Å². The lowest BCUT2D eigenvalue weighted by Crippen LogP contribution is -2.55. The van der Waals surface area contributed by atoms with E-state index >= 15 is 4.39 Å². The SMILES string of the molecule is CCC(=O)N[C@@H](C(=O)N1CCN(C)CC1)[C@@H](C)c1ccc(NC(=O)[C@@H](CC(=O)[C@@H]2CCCN2C)C2CCCCC2)c(F)c1. The molecule has 3 aliphatic rings. The van der Waals surface area contributed by atoms with Crippen LogP contribution < -0.4 is 10.6 Å². The summed E-state index contributed by atoms with van der Waals surface area (Å²) in [5.41, 5.74) is 0.620. The predicted octanol–water partition coefficient (Wildman–Crippen LogP) is 3.79. The van der Waals surface area contributed by atoms with Crippen LogP contribution in [0.1, 0.15) is 83.1 Å². The van der Waals surface area contributed by atoms with E-state index in [1.54, 1.807) is 17.9 Å². The topological polar surface area (TPSA) is 102 Å². The summed E-state index contributed by atoms with van der Waals surface area (Å²) >= 11 is 0. The highest BCUT2D eigenvalue weighted by atomic mass is 19.1. The molecule has 2 N–H and O–H groups in total. The summed E-state index contributed by atoms with van der Waals surface area (Å²) in [6, 6.07) is 3.61. The molecule has 1 aromatic carbocycles. The zero-order chi connectivity index (χ0) is 31.1. The summed E-state index contributed by atoms with van der Waals surface area (Å²) < 4.78 is 15.6. The first-order valence-electron chi connectivity index (χ1n) is 16.2. The second kappa shape index (κ2) is 15.2. The van der Waals surface area contributed by atoms with Crippen LogP contribution >= 0.6 is 0 Å². The molecular formula is C33H50FN5O4. The molecule has 4 rings (SSSR count).